The molecule has 2 aliphatic rings. The number of likely N-dealkylation sites (tertiary alicyclic amines) is 1. The predicted octanol–water partition coefficient (Wildman–Crippen LogP) is 2.32. The van der Waals surface area contributed by atoms with Gasteiger partial charge in [0.25, 0.3) is 0 Å². The molecule has 1 N–H and O–H groups in total. The van der Waals surface area contributed by atoms with E-state index in [0.717, 1.165) is 56.4 Å². The molecule has 2 aromatic heterocycles. The van der Waals surface area contributed by atoms with Gasteiger partial charge in [0.15, 0.2) is 0 Å². The Hall–Kier alpha value is -2.70. The molecule has 0 aliphatic carbocycles. The first-order chi connectivity index (χ1) is 13.2. The molecule has 4 rings (SSSR count). The summed E-state index contributed by atoms with van der Waals surface area (Å²) < 4.78 is 0. The number of anilines is 2. The van der Waals surface area contributed by atoms with Crippen molar-refractivity contribution in [2.75, 3.05) is 36.9 Å². The third-order valence-electron chi connectivity index (χ3n) is 5.67. The molecule has 0 saturated carbocycles. The number of rotatable bonds is 4. The molecule has 0 unspecified atom stereocenters. The van der Waals surface area contributed by atoms with Gasteiger partial charge in [-0.25, -0.2) is 4.98 Å². The fraction of sp³-hybridized carbons (Fsp3) is 0.500. The zero-order valence-electron chi connectivity index (χ0n) is 15.8. The Labute approximate surface area is 159 Å². The van der Waals surface area contributed by atoms with Crippen LogP contribution in [0.2, 0.25) is 0 Å². The molecule has 4 heterocycles. The monoisotopic (exact) mass is 366 g/mol. The van der Waals surface area contributed by atoms with E-state index >= 15 is 0 Å². The molecule has 0 bridgehead atoms. The number of hydrogen-bond acceptors (Lipinski definition) is 6. The van der Waals surface area contributed by atoms with Crippen LogP contribution in [0.15, 0.2) is 36.7 Å². The average molecular weight is 366 g/mol. The molecule has 142 valence electrons. The van der Waals surface area contributed by atoms with Crippen molar-refractivity contribution in [3.63, 3.8) is 0 Å². The largest absolute Gasteiger partial charge is 0.373 e. The van der Waals surface area contributed by atoms with Gasteiger partial charge in [-0.05, 0) is 37.5 Å². The molecule has 2 fully saturated rings. The summed E-state index contributed by atoms with van der Waals surface area (Å²) in [7, 11) is 1.87. The number of aromatic nitrogens is 3. The molecule has 2 aromatic rings. The fourth-order valence-corrected chi connectivity index (χ4v) is 4.29. The first-order valence-electron chi connectivity index (χ1n) is 9.61. The molecule has 0 aromatic carbocycles. The van der Waals surface area contributed by atoms with Crippen LogP contribution in [0.3, 0.4) is 0 Å². The molecule has 2 aliphatic heterocycles. The topological polar surface area (TPSA) is 74.2 Å². The van der Waals surface area contributed by atoms with E-state index in [2.05, 4.69) is 25.2 Å². The van der Waals surface area contributed by atoms with E-state index in [4.69, 9.17) is 0 Å². The maximum Gasteiger partial charge on any atom is 0.227 e. The minimum atomic E-state index is 0.111. The minimum Gasteiger partial charge on any atom is -0.373 e. The van der Waals surface area contributed by atoms with Gasteiger partial charge in [0, 0.05) is 50.9 Å². The predicted molar refractivity (Wildman–Crippen MR) is 104 cm³/mol. The van der Waals surface area contributed by atoms with Crippen molar-refractivity contribution in [1.82, 2.24) is 19.9 Å². The summed E-state index contributed by atoms with van der Waals surface area (Å²) in [5, 5.41) is 3.08. The summed E-state index contributed by atoms with van der Waals surface area (Å²) in [5.41, 5.74) is 1.06. The summed E-state index contributed by atoms with van der Waals surface area (Å²) >= 11 is 0. The van der Waals surface area contributed by atoms with E-state index in [1.54, 1.807) is 12.4 Å². The SMILES string of the molecule is CNc1ccnc(N2CCC[C@@]3(CCC(=O)N(Cc4ccccn4)C3)C2)n1. The summed E-state index contributed by atoms with van der Waals surface area (Å²) in [6.07, 6.45) is 7.37. The van der Waals surface area contributed by atoms with Crippen LogP contribution in [0.1, 0.15) is 31.4 Å². The standard InChI is InChI=1S/C20H26N6O/c1-21-17-7-11-23-19(24-17)25-12-4-8-20(14-25)9-6-18(27)26(15-20)13-16-5-2-3-10-22-16/h2-3,5,7,10-11H,4,6,8-9,12-15H2,1H3,(H,21,23,24)/t20-/m1/s1. The number of amides is 1. The third kappa shape index (κ3) is 3.86. The van der Waals surface area contributed by atoms with Gasteiger partial charge < -0.3 is 15.1 Å². The van der Waals surface area contributed by atoms with Gasteiger partial charge in [-0.1, -0.05) is 6.07 Å². The number of piperidine rings is 2. The van der Waals surface area contributed by atoms with Crippen molar-refractivity contribution in [2.45, 2.75) is 32.2 Å². The molecule has 2 saturated heterocycles. The van der Waals surface area contributed by atoms with Crippen LogP contribution < -0.4 is 10.2 Å². The van der Waals surface area contributed by atoms with E-state index in [9.17, 15) is 4.79 Å². The summed E-state index contributed by atoms with van der Waals surface area (Å²) in [4.78, 5) is 30.2. The van der Waals surface area contributed by atoms with Crippen LogP contribution in [0.25, 0.3) is 0 Å². The third-order valence-corrected chi connectivity index (χ3v) is 5.67. The number of carbonyl (C=O) groups is 1. The van der Waals surface area contributed by atoms with E-state index in [1.807, 2.05) is 36.2 Å². The number of hydrogen-bond donors (Lipinski definition) is 1. The average Bonchev–Trinajstić information content (AvgIpc) is 2.72. The molecule has 0 radical (unpaired) electrons. The zero-order valence-corrected chi connectivity index (χ0v) is 15.8. The highest BCUT2D eigenvalue weighted by atomic mass is 16.2. The summed E-state index contributed by atoms with van der Waals surface area (Å²) in [5.74, 6) is 1.83. The van der Waals surface area contributed by atoms with Crippen molar-refractivity contribution in [3.05, 3.63) is 42.4 Å². The summed E-state index contributed by atoms with van der Waals surface area (Å²) in [6.45, 7) is 3.23. The fourth-order valence-electron chi connectivity index (χ4n) is 4.29. The van der Waals surface area contributed by atoms with Gasteiger partial charge >= 0.3 is 0 Å². The smallest absolute Gasteiger partial charge is 0.227 e. The first kappa shape index (κ1) is 17.7. The van der Waals surface area contributed by atoms with Gasteiger partial charge in [-0.15, -0.1) is 0 Å². The zero-order chi connectivity index (χ0) is 18.7. The molecule has 1 amide bonds. The number of nitrogens with one attached hydrogen (secondary N) is 1. The van der Waals surface area contributed by atoms with E-state index in [1.165, 1.54) is 0 Å². The Morgan fingerprint density at radius 1 is 1.15 bits per heavy atom. The van der Waals surface area contributed by atoms with E-state index < -0.39 is 0 Å². The van der Waals surface area contributed by atoms with Gasteiger partial charge in [0.1, 0.15) is 5.82 Å². The molecule has 1 atom stereocenters. The normalized spacial score (nSPS) is 22.9. The molecular weight excluding hydrogens is 340 g/mol. The lowest BCUT2D eigenvalue weighted by atomic mass is 9.73. The number of carbonyl (C=O) groups excluding carboxylic acids is 1. The number of pyridine rings is 1. The maximum atomic E-state index is 12.5. The van der Waals surface area contributed by atoms with Crippen LogP contribution in [0.5, 0.6) is 0 Å². The van der Waals surface area contributed by atoms with E-state index in [0.29, 0.717) is 13.0 Å². The van der Waals surface area contributed by atoms with Crippen molar-refractivity contribution >= 4 is 17.7 Å². The van der Waals surface area contributed by atoms with Crippen molar-refractivity contribution < 1.29 is 4.79 Å². The lowest BCUT2D eigenvalue weighted by Crippen LogP contribution is -2.54. The second kappa shape index (κ2) is 7.50. The highest BCUT2D eigenvalue weighted by molar-refractivity contribution is 5.77. The second-order valence-electron chi connectivity index (χ2n) is 7.59. The first-order valence-corrected chi connectivity index (χ1v) is 9.61. The molecule has 27 heavy (non-hydrogen) atoms. The summed E-state index contributed by atoms with van der Waals surface area (Å²) in [6, 6.07) is 7.73. The Morgan fingerprint density at radius 2 is 2.07 bits per heavy atom. The highest BCUT2D eigenvalue weighted by Gasteiger charge is 2.42. The maximum absolute atomic E-state index is 12.5. The Morgan fingerprint density at radius 3 is 2.89 bits per heavy atom. The quantitative estimate of drug-likeness (QED) is 0.895. The molecule has 7 nitrogen and oxygen atoms in total. The number of nitrogens with zero attached hydrogens (tertiary/aromatic N) is 5. The van der Waals surface area contributed by atoms with Gasteiger partial charge in [0.2, 0.25) is 11.9 Å². The van der Waals surface area contributed by atoms with Crippen LogP contribution in [-0.2, 0) is 11.3 Å². The van der Waals surface area contributed by atoms with Crippen molar-refractivity contribution in [1.29, 1.82) is 0 Å². The Balaban J connectivity index is 1.50. The van der Waals surface area contributed by atoms with Gasteiger partial charge in [-0.3, -0.25) is 9.78 Å². The van der Waals surface area contributed by atoms with Crippen LogP contribution in [-0.4, -0.2) is 52.4 Å². The minimum absolute atomic E-state index is 0.111. The Kier molecular flexibility index (Phi) is 4.92. The molecule has 7 heteroatoms. The molecule has 1 spiro atoms. The lowest BCUT2D eigenvalue weighted by molar-refractivity contribution is -0.138. The lowest BCUT2D eigenvalue weighted by Gasteiger charge is -2.48. The molecular formula is C20H26N6O. The van der Waals surface area contributed by atoms with Crippen LogP contribution >= 0.6 is 0 Å². The van der Waals surface area contributed by atoms with Crippen molar-refractivity contribution in [3.8, 4) is 0 Å². The van der Waals surface area contributed by atoms with Crippen LogP contribution in [0, 0.1) is 5.41 Å². The Bertz CT molecular complexity index is 798. The second-order valence-corrected chi connectivity index (χ2v) is 7.59. The van der Waals surface area contributed by atoms with Crippen molar-refractivity contribution in [2.24, 2.45) is 5.41 Å². The highest BCUT2D eigenvalue weighted by Crippen LogP contribution is 2.40. The van der Waals surface area contributed by atoms with Gasteiger partial charge in [0.05, 0.1) is 12.2 Å². The van der Waals surface area contributed by atoms with Crippen LogP contribution in [0.4, 0.5) is 11.8 Å². The van der Waals surface area contributed by atoms with E-state index in [-0.39, 0.29) is 11.3 Å². The van der Waals surface area contributed by atoms with Gasteiger partial charge in [-0.2, -0.15) is 4.98 Å².